The largest absolute Gasteiger partial charge is 0.492 e. The number of benzene rings is 1. The van der Waals surface area contributed by atoms with E-state index in [1.807, 2.05) is 18.2 Å². The predicted molar refractivity (Wildman–Crippen MR) is 89.9 cm³/mol. The standard InChI is InChI=1S/C15H15BrN2O3S/c1-8(2)7-21-13-4-3-9(5-10(13)16)11-6-12(14(19)20)18-15(22)17-11/h3-6,8H,7H2,1-2H3,(H,19,20)(H,17,18,22). The second-order valence-corrected chi connectivity index (χ2v) is 6.38. The predicted octanol–water partition coefficient (Wildman–Crippen LogP) is 4.30. The molecule has 1 aromatic heterocycles. The van der Waals surface area contributed by atoms with Crippen LogP contribution in [0.1, 0.15) is 24.3 Å². The maximum Gasteiger partial charge on any atom is 0.352 e. The summed E-state index contributed by atoms with van der Waals surface area (Å²) in [7, 11) is 0. The van der Waals surface area contributed by atoms with Gasteiger partial charge in [0, 0.05) is 5.56 Å². The van der Waals surface area contributed by atoms with E-state index in [0.717, 1.165) is 15.8 Å². The van der Waals surface area contributed by atoms with Crippen LogP contribution in [0.25, 0.3) is 11.3 Å². The molecule has 2 rings (SSSR count). The Kier molecular flexibility index (Phi) is 5.31. The Balaban J connectivity index is 2.36. The topological polar surface area (TPSA) is 75.2 Å². The number of carboxylic acids is 1. The van der Waals surface area contributed by atoms with Gasteiger partial charge in [-0.25, -0.2) is 9.78 Å². The van der Waals surface area contributed by atoms with Gasteiger partial charge in [0.2, 0.25) is 0 Å². The molecule has 0 aliphatic rings. The van der Waals surface area contributed by atoms with Crippen LogP contribution < -0.4 is 4.74 Å². The highest BCUT2D eigenvalue weighted by Crippen LogP contribution is 2.30. The number of nitrogens with zero attached hydrogens (tertiary/aromatic N) is 1. The molecule has 1 heterocycles. The first-order valence-corrected chi connectivity index (χ1v) is 7.84. The molecule has 0 radical (unpaired) electrons. The lowest BCUT2D eigenvalue weighted by Gasteiger charge is -2.11. The Hall–Kier alpha value is -1.73. The Morgan fingerprint density at radius 3 is 2.77 bits per heavy atom. The molecule has 0 fully saturated rings. The first-order valence-electron chi connectivity index (χ1n) is 6.64. The zero-order valence-corrected chi connectivity index (χ0v) is 14.5. The van der Waals surface area contributed by atoms with E-state index in [4.69, 9.17) is 22.1 Å². The van der Waals surface area contributed by atoms with E-state index in [1.54, 1.807) is 0 Å². The molecule has 0 amide bonds. The minimum atomic E-state index is -1.08. The maximum absolute atomic E-state index is 11.1. The van der Waals surface area contributed by atoms with Crippen LogP contribution in [-0.2, 0) is 0 Å². The number of nitrogens with one attached hydrogen (secondary N) is 1. The maximum atomic E-state index is 11.1. The monoisotopic (exact) mass is 382 g/mol. The van der Waals surface area contributed by atoms with Crippen LogP contribution in [0.2, 0.25) is 0 Å². The number of carboxylic acid groups (broad SMARTS) is 1. The highest BCUT2D eigenvalue weighted by atomic mass is 79.9. The number of hydrogen-bond acceptors (Lipinski definition) is 4. The SMILES string of the molecule is CC(C)COc1ccc(-c2cc(C(=O)O)[nH]c(=S)n2)cc1Br. The van der Waals surface area contributed by atoms with Gasteiger partial charge in [0.25, 0.3) is 0 Å². The van der Waals surface area contributed by atoms with Gasteiger partial charge >= 0.3 is 5.97 Å². The van der Waals surface area contributed by atoms with Gasteiger partial charge in [-0.3, -0.25) is 0 Å². The minimum Gasteiger partial charge on any atom is -0.492 e. The summed E-state index contributed by atoms with van der Waals surface area (Å²) in [5.41, 5.74) is 1.26. The molecule has 5 nitrogen and oxygen atoms in total. The number of halogens is 1. The number of aromatic nitrogens is 2. The number of ether oxygens (including phenoxy) is 1. The van der Waals surface area contributed by atoms with E-state index in [0.29, 0.717) is 18.2 Å². The zero-order valence-electron chi connectivity index (χ0n) is 12.1. The van der Waals surface area contributed by atoms with Crippen molar-refractivity contribution in [2.24, 2.45) is 5.92 Å². The number of hydrogen-bond donors (Lipinski definition) is 2. The highest BCUT2D eigenvalue weighted by molar-refractivity contribution is 9.10. The fourth-order valence-corrected chi connectivity index (χ4v) is 2.46. The average Bonchev–Trinajstić information content (AvgIpc) is 2.45. The molecular weight excluding hydrogens is 368 g/mol. The smallest absolute Gasteiger partial charge is 0.352 e. The van der Waals surface area contributed by atoms with Gasteiger partial charge in [-0.2, -0.15) is 0 Å². The molecule has 0 saturated carbocycles. The number of H-pyrrole nitrogens is 1. The van der Waals surface area contributed by atoms with Crippen LogP contribution in [0.3, 0.4) is 0 Å². The Morgan fingerprint density at radius 2 is 2.18 bits per heavy atom. The Labute approximate surface area is 141 Å². The van der Waals surface area contributed by atoms with Crippen LogP contribution in [0, 0.1) is 10.7 Å². The fraction of sp³-hybridized carbons (Fsp3) is 0.267. The van der Waals surface area contributed by atoms with Crippen molar-refractivity contribution < 1.29 is 14.6 Å². The van der Waals surface area contributed by atoms with Gasteiger partial charge in [0.05, 0.1) is 16.8 Å². The number of aromatic carboxylic acids is 1. The lowest BCUT2D eigenvalue weighted by Crippen LogP contribution is -2.05. The molecule has 0 spiro atoms. The summed E-state index contributed by atoms with van der Waals surface area (Å²) in [6.07, 6.45) is 0. The molecule has 0 aliphatic heterocycles. The highest BCUT2D eigenvalue weighted by Gasteiger charge is 2.10. The third kappa shape index (κ3) is 4.14. The number of rotatable bonds is 5. The second-order valence-electron chi connectivity index (χ2n) is 5.14. The summed E-state index contributed by atoms with van der Waals surface area (Å²) in [5.74, 6) is 0.0847. The van der Waals surface area contributed by atoms with E-state index >= 15 is 0 Å². The van der Waals surface area contributed by atoms with Gasteiger partial charge in [-0.15, -0.1) is 0 Å². The minimum absolute atomic E-state index is 0.00579. The first kappa shape index (κ1) is 16.6. The summed E-state index contributed by atoms with van der Waals surface area (Å²) in [6.45, 7) is 4.77. The van der Waals surface area contributed by atoms with Crippen molar-refractivity contribution in [2.45, 2.75) is 13.8 Å². The van der Waals surface area contributed by atoms with Gasteiger partial charge in [0.1, 0.15) is 11.4 Å². The molecule has 0 atom stereocenters. The van der Waals surface area contributed by atoms with Gasteiger partial charge in [-0.1, -0.05) is 13.8 Å². The van der Waals surface area contributed by atoms with Crippen molar-refractivity contribution in [3.05, 3.63) is 39.2 Å². The van der Waals surface area contributed by atoms with Crippen molar-refractivity contribution in [1.82, 2.24) is 9.97 Å². The summed E-state index contributed by atoms with van der Waals surface area (Å²) in [6, 6.07) is 6.93. The summed E-state index contributed by atoms with van der Waals surface area (Å²) in [5, 5.41) is 9.07. The average molecular weight is 383 g/mol. The molecule has 116 valence electrons. The summed E-state index contributed by atoms with van der Waals surface area (Å²) < 4.78 is 6.60. The van der Waals surface area contributed by atoms with Crippen LogP contribution in [-0.4, -0.2) is 27.7 Å². The van der Waals surface area contributed by atoms with E-state index in [-0.39, 0.29) is 10.5 Å². The normalized spacial score (nSPS) is 10.7. The van der Waals surface area contributed by atoms with E-state index < -0.39 is 5.97 Å². The molecule has 0 saturated heterocycles. The Morgan fingerprint density at radius 1 is 1.45 bits per heavy atom. The van der Waals surface area contributed by atoms with Gasteiger partial charge in [0.15, 0.2) is 4.77 Å². The number of carbonyl (C=O) groups is 1. The first-order chi connectivity index (χ1) is 10.4. The van der Waals surface area contributed by atoms with Crippen molar-refractivity contribution >= 4 is 34.1 Å². The lowest BCUT2D eigenvalue weighted by molar-refractivity contribution is 0.0690. The Bertz CT molecular complexity index is 759. The molecule has 1 aromatic carbocycles. The molecule has 0 bridgehead atoms. The van der Waals surface area contributed by atoms with Crippen LogP contribution >= 0.6 is 28.1 Å². The van der Waals surface area contributed by atoms with E-state index in [9.17, 15) is 4.79 Å². The number of aromatic amines is 1. The van der Waals surface area contributed by atoms with Crippen molar-refractivity contribution in [3.63, 3.8) is 0 Å². The third-order valence-electron chi connectivity index (χ3n) is 2.77. The van der Waals surface area contributed by atoms with Crippen molar-refractivity contribution in [1.29, 1.82) is 0 Å². The van der Waals surface area contributed by atoms with Crippen molar-refractivity contribution in [2.75, 3.05) is 6.61 Å². The molecule has 2 N–H and O–H groups in total. The molecule has 0 unspecified atom stereocenters. The molecule has 0 aliphatic carbocycles. The summed E-state index contributed by atoms with van der Waals surface area (Å²) in [4.78, 5) is 17.8. The van der Waals surface area contributed by atoms with Crippen LogP contribution in [0.15, 0.2) is 28.7 Å². The van der Waals surface area contributed by atoms with Gasteiger partial charge in [-0.05, 0) is 58.3 Å². The van der Waals surface area contributed by atoms with Gasteiger partial charge < -0.3 is 14.8 Å². The lowest BCUT2D eigenvalue weighted by atomic mass is 10.1. The quantitative estimate of drug-likeness (QED) is 0.753. The molecular formula is C15H15BrN2O3S. The zero-order chi connectivity index (χ0) is 16.3. The fourth-order valence-electron chi connectivity index (χ4n) is 1.75. The van der Waals surface area contributed by atoms with Crippen LogP contribution in [0.4, 0.5) is 0 Å². The molecule has 7 heteroatoms. The van der Waals surface area contributed by atoms with E-state index in [1.165, 1.54) is 6.07 Å². The molecule has 22 heavy (non-hydrogen) atoms. The second kappa shape index (κ2) is 7.02. The van der Waals surface area contributed by atoms with E-state index in [2.05, 4.69) is 39.7 Å². The summed E-state index contributed by atoms with van der Waals surface area (Å²) >= 11 is 8.43. The van der Waals surface area contributed by atoms with Crippen LogP contribution in [0.5, 0.6) is 5.75 Å². The third-order valence-corrected chi connectivity index (χ3v) is 3.59. The molecule has 2 aromatic rings. The van der Waals surface area contributed by atoms with Crippen molar-refractivity contribution in [3.8, 4) is 17.0 Å².